The smallest absolute Gasteiger partial charge is 0.231 e. The van der Waals surface area contributed by atoms with Crippen molar-refractivity contribution in [2.45, 2.75) is 25.0 Å². The summed E-state index contributed by atoms with van der Waals surface area (Å²) in [5.74, 6) is 1.03. The van der Waals surface area contributed by atoms with E-state index in [9.17, 15) is 4.79 Å². The number of hydrogen-bond donors (Lipinski definition) is 1. The lowest BCUT2D eigenvalue weighted by atomic mass is 10.0. The molecule has 130 valence electrons. The second kappa shape index (κ2) is 6.58. The molecule has 1 aromatic rings. The van der Waals surface area contributed by atoms with Crippen LogP contribution in [0.1, 0.15) is 19.3 Å². The molecule has 2 fully saturated rings. The van der Waals surface area contributed by atoms with Gasteiger partial charge in [-0.2, -0.15) is 0 Å². The number of nitrogens with zero attached hydrogens (tertiary/aromatic N) is 1. The fraction of sp³-hybridized carbons (Fsp3) is 0.588. The average molecular weight is 334 g/mol. The van der Waals surface area contributed by atoms with E-state index in [1.54, 1.807) is 6.07 Å². The second-order valence-corrected chi connectivity index (χ2v) is 6.32. The summed E-state index contributed by atoms with van der Waals surface area (Å²) in [5.41, 5.74) is 0.731. The molecule has 0 radical (unpaired) electrons. The first-order chi connectivity index (χ1) is 11.7. The van der Waals surface area contributed by atoms with Crippen LogP contribution in [0.15, 0.2) is 18.2 Å². The van der Waals surface area contributed by atoms with Crippen LogP contribution in [0.3, 0.4) is 0 Å². The van der Waals surface area contributed by atoms with Gasteiger partial charge in [0.05, 0.1) is 13.2 Å². The molecule has 0 unspecified atom stereocenters. The van der Waals surface area contributed by atoms with E-state index < -0.39 is 0 Å². The van der Waals surface area contributed by atoms with Crippen LogP contribution < -0.4 is 14.8 Å². The van der Waals surface area contributed by atoms with Gasteiger partial charge in [0.1, 0.15) is 0 Å². The lowest BCUT2D eigenvalue weighted by Crippen LogP contribution is -2.45. The van der Waals surface area contributed by atoms with Crippen molar-refractivity contribution in [1.29, 1.82) is 0 Å². The van der Waals surface area contributed by atoms with Gasteiger partial charge in [0.25, 0.3) is 0 Å². The molecule has 4 rings (SSSR count). The number of nitrogens with one attached hydrogen (secondary N) is 1. The predicted octanol–water partition coefficient (Wildman–Crippen LogP) is 1.58. The molecule has 7 heteroatoms. The zero-order valence-corrected chi connectivity index (χ0v) is 13.6. The van der Waals surface area contributed by atoms with Gasteiger partial charge in [0.2, 0.25) is 12.7 Å². The molecule has 1 N–H and O–H groups in total. The molecule has 24 heavy (non-hydrogen) atoms. The maximum absolute atomic E-state index is 12.1. The Morgan fingerprint density at radius 1 is 1.12 bits per heavy atom. The predicted molar refractivity (Wildman–Crippen MR) is 86.1 cm³/mol. The van der Waals surface area contributed by atoms with Crippen molar-refractivity contribution in [2.24, 2.45) is 0 Å². The summed E-state index contributed by atoms with van der Waals surface area (Å²) in [6.45, 7) is 4.16. The molecule has 0 atom stereocenters. The first kappa shape index (κ1) is 15.7. The van der Waals surface area contributed by atoms with E-state index in [1.165, 1.54) is 0 Å². The summed E-state index contributed by atoms with van der Waals surface area (Å²) in [6, 6.07) is 5.42. The van der Waals surface area contributed by atoms with Crippen LogP contribution in [-0.4, -0.2) is 56.2 Å². The Bertz CT molecular complexity index is 605. The largest absolute Gasteiger partial charge is 0.454 e. The van der Waals surface area contributed by atoms with Crippen LogP contribution >= 0.6 is 0 Å². The first-order valence-corrected chi connectivity index (χ1v) is 8.42. The highest BCUT2D eigenvalue weighted by atomic mass is 16.7. The fourth-order valence-electron chi connectivity index (χ4n) is 3.36. The molecule has 1 aromatic carbocycles. The van der Waals surface area contributed by atoms with Gasteiger partial charge < -0.3 is 29.2 Å². The summed E-state index contributed by atoms with van der Waals surface area (Å²) in [7, 11) is 0. The number of fused-ring (bicyclic) bond motifs is 1. The molecule has 2 saturated heterocycles. The van der Waals surface area contributed by atoms with E-state index >= 15 is 0 Å². The highest BCUT2D eigenvalue weighted by Crippen LogP contribution is 2.34. The molecule has 0 bridgehead atoms. The number of amides is 1. The molecule has 1 amide bonds. The van der Waals surface area contributed by atoms with Crippen molar-refractivity contribution >= 4 is 11.6 Å². The van der Waals surface area contributed by atoms with Gasteiger partial charge in [0, 0.05) is 50.7 Å². The maximum Gasteiger partial charge on any atom is 0.231 e. The lowest BCUT2D eigenvalue weighted by molar-refractivity contribution is -0.185. The quantitative estimate of drug-likeness (QED) is 0.902. The van der Waals surface area contributed by atoms with Gasteiger partial charge in [-0.3, -0.25) is 4.79 Å². The third-order valence-electron chi connectivity index (χ3n) is 4.74. The maximum atomic E-state index is 12.1. The Hall–Kier alpha value is -1.83. The van der Waals surface area contributed by atoms with Crippen LogP contribution in [0, 0.1) is 0 Å². The summed E-state index contributed by atoms with van der Waals surface area (Å²) in [4.78, 5) is 14.4. The Labute approximate surface area is 140 Å². The number of carbonyl (C=O) groups is 1. The van der Waals surface area contributed by atoms with Crippen molar-refractivity contribution in [3.63, 3.8) is 0 Å². The highest BCUT2D eigenvalue weighted by Gasteiger charge is 2.39. The normalized spacial score (nSPS) is 22.0. The zero-order valence-electron chi connectivity index (χ0n) is 13.6. The minimum Gasteiger partial charge on any atom is -0.454 e. The van der Waals surface area contributed by atoms with Crippen LogP contribution in [0.5, 0.6) is 11.5 Å². The Kier molecular flexibility index (Phi) is 4.30. The molecule has 3 aliphatic rings. The van der Waals surface area contributed by atoms with Crippen molar-refractivity contribution in [3.8, 4) is 11.5 Å². The molecular weight excluding hydrogens is 312 g/mol. The van der Waals surface area contributed by atoms with E-state index in [0.717, 1.165) is 38.2 Å². The molecule has 3 aliphatic heterocycles. The average Bonchev–Trinajstić information content (AvgIpc) is 3.24. The van der Waals surface area contributed by atoms with Crippen LogP contribution in [-0.2, 0) is 14.3 Å². The molecular formula is C17H22N2O5. The summed E-state index contributed by atoms with van der Waals surface area (Å²) < 4.78 is 22.0. The third kappa shape index (κ3) is 3.33. The van der Waals surface area contributed by atoms with Crippen molar-refractivity contribution in [2.75, 3.05) is 45.0 Å². The monoisotopic (exact) mass is 334 g/mol. The van der Waals surface area contributed by atoms with Gasteiger partial charge in [-0.05, 0) is 12.1 Å². The number of benzene rings is 1. The van der Waals surface area contributed by atoms with Crippen LogP contribution in [0.4, 0.5) is 5.69 Å². The molecule has 3 heterocycles. The minimum atomic E-state index is -0.356. The standard InChI is InChI=1S/C17H22N2O5/c20-16(18-13-1-2-14-15(11-13)22-12-21-14)3-6-19-7-4-17(5-8-19)23-9-10-24-17/h1-2,11H,3-10,12H2,(H,18,20). The van der Waals surface area contributed by atoms with E-state index in [4.69, 9.17) is 18.9 Å². The van der Waals surface area contributed by atoms with E-state index in [2.05, 4.69) is 10.2 Å². The van der Waals surface area contributed by atoms with Crippen LogP contribution in [0.2, 0.25) is 0 Å². The summed E-state index contributed by atoms with van der Waals surface area (Å²) in [6.07, 6.45) is 2.21. The van der Waals surface area contributed by atoms with Crippen LogP contribution in [0.25, 0.3) is 0 Å². The Balaban J connectivity index is 1.22. The first-order valence-electron chi connectivity index (χ1n) is 8.42. The van der Waals surface area contributed by atoms with Crippen molar-refractivity contribution in [1.82, 2.24) is 4.90 Å². The number of rotatable bonds is 4. The summed E-state index contributed by atoms with van der Waals surface area (Å²) >= 11 is 0. The van der Waals surface area contributed by atoms with E-state index in [0.29, 0.717) is 31.1 Å². The minimum absolute atomic E-state index is 0.00233. The summed E-state index contributed by atoms with van der Waals surface area (Å²) in [5, 5.41) is 2.91. The topological polar surface area (TPSA) is 69.3 Å². The number of hydrogen-bond acceptors (Lipinski definition) is 6. The van der Waals surface area contributed by atoms with E-state index in [-0.39, 0.29) is 18.5 Å². The van der Waals surface area contributed by atoms with Crippen molar-refractivity contribution < 1.29 is 23.7 Å². The SMILES string of the molecule is O=C(CCN1CCC2(CC1)OCCO2)Nc1ccc2c(c1)OCO2. The molecule has 1 spiro atoms. The van der Waals surface area contributed by atoms with Gasteiger partial charge in [-0.25, -0.2) is 0 Å². The number of likely N-dealkylation sites (tertiary alicyclic amines) is 1. The number of piperidine rings is 1. The van der Waals surface area contributed by atoms with Gasteiger partial charge in [-0.1, -0.05) is 0 Å². The Morgan fingerprint density at radius 3 is 2.67 bits per heavy atom. The number of carbonyl (C=O) groups excluding carboxylic acids is 1. The van der Waals surface area contributed by atoms with Gasteiger partial charge >= 0.3 is 0 Å². The molecule has 0 aromatic heterocycles. The zero-order chi connectivity index (χ0) is 16.4. The lowest BCUT2D eigenvalue weighted by Gasteiger charge is -2.37. The third-order valence-corrected chi connectivity index (χ3v) is 4.74. The number of ether oxygens (including phenoxy) is 4. The highest BCUT2D eigenvalue weighted by molar-refractivity contribution is 5.91. The molecule has 0 aliphatic carbocycles. The Morgan fingerprint density at radius 2 is 1.88 bits per heavy atom. The van der Waals surface area contributed by atoms with Gasteiger partial charge in [0.15, 0.2) is 17.3 Å². The number of anilines is 1. The molecule has 0 saturated carbocycles. The fourth-order valence-corrected chi connectivity index (χ4v) is 3.36. The van der Waals surface area contributed by atoms with E-state index in [1.807, 2.05) is 12.1 Å². The second-order valence-electron chi connectivity index (χ2n) is 6.32. The van der Waals surface area contributed by atoms with Crippen molar-refractivity contribution in [3.05, 3.63) is 18.2 Å². The molecule has 7 nitrogen and oxygen atoms in total. The van der Waals surface area contributed by atoms with Gasteiger partial charge in [-0.15, -0.1) is 0 Å².